The number of benzene rings is 2. The van der Waals surface area contributed by atoms with Crippen LogP contribution in [0.15, 0.2) is 64.4 Å². The number of carbonyl (C=O) groups excluding carboxylic acids is 1. The van der Waals surface area contributed by atoms with Crippen molar-refractivity contribution in [2.45, 2.75) is 18.8 Å². The average molecular weight is 518 g/mol. The van der Waals surface area contributed by atoms with Crippen LogP contribution >= 0.6 is 23.2 Å². The van der Waals surface area contributed by atoms with Crippen molar-refractivity contribution >= 4 is 40.3 Å². The highest BCUT2D eigenvalue weighted by atomic mass is 35.5. The summed E-state index contributed by atoms with van der Waals surface area (Å²) in [4.78, 5) is 42.2. The number of rotatable bonds is 7. The Bertz CT molecular complexity index is 1480. The van der Waals surface area contributed by atoms with E-state index in [-0.39, 0.29) is 22.7 Å². The Morgan fingerprint density at radius 1 is 0.943 bits per heavy atom. The Labute approximate surface area is 208 Å². The summed E-state index contributed by atoms with van der Waals surface area (Å²) >= 11 is 11.9. The Morgan fingerprint density at radius 3 is 1.89 bits per heavy atom. The minimum atomic E-state index is -2.49. The summed E-state index contributed by atoms with van der Waals surface area (Å²) in [5.41, 5.74) is -1.21. The normalized spacial score (nSPS) is 12.5. The molecule has 0 fully saturated rings. The highest BCUT2D eigenvalue weighted by molar-refractivity contribution is 6.30. The lowest BCUT2D eigenvalue weighted by atomic mass is 10.1. The zero-order valence-corrected chi connectivity index (χ0v) is 20.3. The molecular weight excluding hydrogens is 499 g/mol. The van der Waals surface area contributed by atoms with Crippen molar-refractivity contribution in [3.05, 3.63) is 85.7 Å². The maximum atomic E-state index is 13.0. The van der Waals surface area contributed by atoms with Crippen LogP contribution < -0.4 is 25.8 Å². The molecule has 2 aromatic heterocycles. The Hall–Kier alpha value is -3.76. The molecular formula is C23H19Cl2N4O6-. The highest BCUT2D eigenvalue weighted by Gasteiger charge is 2.46. The molecule has 0 saturated carbocycles. The number of imidazole rings is 1. The maximum Gasteiger partial charge on any atom is 0.332 e. The lowest BCUT2D eigenvalue weighted by Crippen LogP contribution is -2.61. The fraction of sp³-hybridized carbons (Fsp3) is 0.217. The summed E-state index contributed by atoms with van der Waals surface area (Å²) in [7, 11) is 2.76. The predicted molar refractivity (Wildman–Crippen MR) is 127 cm³/mol. The second-order valence-electron chi connectivity index (χ2n) is 7.77. The second-order valence-corrected chi connectivity index (χ2v) is 8.65. The minimum Gasteiger partial charge on any atom is -0.543 e. The number of carboxylic acids is 1. The second kappa shape index (κ2) is 9.12. The van der Waals surface area contributed by atoms with Gasteiger partial charge in [0, 0.05) is 24.1 Å². The van der Waals surface area contributed by atoms with Crippen molar-refractivity contribution < 1.29 is 19.4 Å². The van der Waals surface area contributed by atoms with Crippen LogP contribution in [0.2, 0.25) is 10.0 Å². The molecule has 2 aromatic carbocycles. The number of hydrogen-bond acceptors (Lipinski definition) is 7. The molecule has 1 unspecified atom stereocenters. The van der Waals surface area contributed by atoms with Gasteiger partial charge in [0.2, 0.25) is 0 Å². The largest absolute Gasteiger partial charge is 0.543 e. The fourth-order valence-corrected chi connectivity index (χ4v) is 3.89. The van der Waals surface area contributed by atoms with Crippen molar-refractivity contribution in [2.24, 2.45) is 14.1 Å². The van der Waals surface area contributed by atoms with E-state index in [4.69, 9.17) is 32.7 Å². The monoisotopic (exact) mass is 517 g/mol. The van der Waals surface area contributed by atoms with Crippen LogP contribution in [0.25, 0.3) is 11.2 Å². The van der Waals surface area contributed by atoms with Gasteiger partial charge in [0.1, 0.15) is 23.5 Å². The Balaban J connectivity index is 1.94. The Morgan fingerprint density at radius 2 is 1.43 bits per heavy atom. The van der Waals surface area contributed by atoms with Crippen LogP contribution in [0.1, 0.15) is 13.0 Å². The number of aliphatic carboxylic acids is 1. The smallest absolute Gasteiger partial charge is 0.332 e. The van der Waals surface area contributed by atoms with Crippen LogP contribution in [0.5, 0.6) is 11.5 Å². The van der Waals surface area contributed by atoms with Gasteiger partial charge in [-0.3, -0.25) is 13.9 Å². The maximum absolute atomic E-state index is 13.0. The molecule has 0 spiro atoms. The first-order valence-electron chi connectivity index (χ1n) is 10.3. The van der Waals surface area contributed by atoms with E-state index < -0.39 is 29.0 Å². The third-order valence-corrected chi connectivity index (χ3v) is 6.10. The standard InChI is InChI=1S/C23H20Cl2N4O6/c1-13(29-12-26-19-18(29)20(30)28(3)22(33)27(19)2)23(21(31)32,34-16-8-4-14(24)5-9-16)35-17-10-6-15(25)7-11-17/h4-13H,1-3H3,(H,31,32)/p-1. The average Bonchev–Trinajstić information content (AvgIpc) is 3.28. The SMILES string of the molecule is CC(n1cnc2c1c(=O)n(C)c(=O)n2C)C(Oc1ccc(Cl)cc1)(Oc1ccc(Cl)cc1)C(=O)[O-]. The van der Waals surface area contributed by atoms with E-state index in [0.717, 1.165) is 4.57 Å². The van der Waals surface area contributed by atoms with Crippen molar-refractivity contribution in [1.82, 2.24) is 18.7 Å². The summed E-state index contributed by atoms with van der Waals surface area (Å²) in [6, 6.07) is 10.7. The minimum absolute atomic E-state index is 0.0212. The molecule has 0 aliphatic heterocycles. The molecule has 0 N–H and O–H groups in total. The fourth-order valence-electron chi connectivity index (χ4n) is 3.64. The number of aromatic nitrogens is 4. The van der Waals surface area contributed by atoms with Gasteiger partial charge in [0.25, 0.3) is 5.56 Å². The van der Waals surface area contributed by atoms with Gasteiger partial charge in [0.15, 0.2) is 11.2 Å². The lowest BCUT2D eigenvalue weighted by molar-refractivity contribution is -0.343. The number of carboxylic acid groups (broad SMARTS) is 1. The van der Waals surface area contributed by atoms with Gasteiger partial charge in [-0.1, -0.05) is 23.2 Å². The van der Waals surface area contributed by atoms with E-state index in [9.17, 15) is 19.5 Å². The lowest BCUT2D eigenvalue weighted by Gasteiger charge is -2.40. The van der Waals surface area contributed by atoms with Gasteiger partial charge < -0.3 is 23.9 Å². The quantitative estimate of drug-likeness (QED) is 0.343. The highest BCUT2D eigenvalue weighted by Crippen LogP contribution is 2.34. The summed E-state index contributed by atoms with van der Waals surface area (Å²) in [5, 5.41) is 13.5. The van der Waals surface area contributed by atoms with Gasteiger partial charge in [-0.05, 0) is 55.5 Å². The number of carbonyl (C=O) groups is 1. The predicted octanol–water partition coefficient (Wildman–Crippen LogP) is 1.91. The molecule has 0 aliphatic rings. The van der Waals surface area contributed by atoms with Crippen molar-refractivity contribution in [1.29, 1.82) is 0 Å². The third kappa shape index (κ3) is 4.26. The first kappa shape index (κ1) is 24.4. The number of ether oxygens (including phenoxy) is 2. The molecule has 4 rings (SSSR count). The van der Waals surface area contributed by atoms with Crippen LogP contribution in [0, 0.1) is 0 Å². The van der Waals surface area contributed by atoms with E-state index >= 15 is 0 Å². The van der Waals surface area contributed by atoms with E-state index in [1.807, 2.05) is 0 Å². The van der Waals surface area contributed by atoms with Gasteiger partial charge in [-0.2, -0.15) is 0 Å². The molecule has 12 heteroatoms. The van der Waals surface area contributed by atoms with Crippen molar-refractivity contribution in [3.63, 3.8) is 0 Å². The number of hydrogen-bond donors (Lipinski definition) is 0. The van der Waals surface area contributed by atoms with Crippen LogP contribution in [-0.4, -0.2) is 30.4 Å². The number of nitrogens with zero attached hydrogens (tertiary/aromatic N) is 4. The van der Waals surface area contributed by atoms with Gasteiger partial charge >= 0.3 is 11.5 Å². The van der Waals surface area contributed by atoms with Crippen molar-refractivity contribution in [3.8, 4) is 11.5 Å². The van der Waals surface area contributed by atoms with E-state index in [2.05, 4.69) is 4.98 Å². The first-order chi connectivity index (χ1) is 16.5. The molecule has 0 amide bonds. The van der Waals surface area contributed by atoms with E-state index in [1.54, 1.807) is 0 Å². The molecule has 0 bridgehead atoms. The van der Waals surface area contributed by atoms with Gasteiger partial charge in [-0.15, -0.1) is 0 Å². The molecule has 35 heavy (non-hydrogen) atoms. The topological polar surface area (TPSA) is 120 Å². The zero-order chi connectivity index (χ0) is 25.5. The molecule has 10 nitrogen and oxygen atoms in total. The molecule has 4 aromatic rings. The molecule has 182 valence electrons. The van der Waals surface area contributed by atoms with Crippen molar-refractivity contribution in [2.75, 3.05) is 0 Å². The van der Waals surface area contributed by atoms with Crippen LogP contribution in [-0.2, 0) is 18.9 Å². The molecule has 0 saturated heterocycles. The third-order valence-electron chi connectivity index (χ3n) is 5.59. The van der Waals surface area contributed by atoms with Gasteiger partial charge in [0.05, 0.1) is 6.33 Å². The van der Waals surface area contributed by atoms with Crippen LogP contribution in [0.3, 0.4) is 0 Å². The van der Waals surface area contributed by atoms with E-state index in [1.165, 1.54) is 85.0 Å². The molecule has 0 radical (unpaired) electrons. The summed E-state index contributed by atoms with van der Waals surface area (Å²) in [6.45, 7) is 1.47. The Kier molecular flexibility index (Phi) is 6.35. The van der Waals surface area contributed by atoms with E-state index in [0.29, 0.717) is 10.0 Å². The first-order valence-corrected chi connectivity index (χ1v) is 11.0. The molecule has 0 aliphatic carbocycles. The van der Waals surface area contributed by atoms with Gasteiger partial charge in [-0.25, -0.2) is 9.78 Å². The number of fused-ring (bicyclic) bond motifs is 1. The molecule has 2 heterocycles. The summed E-state index contributed by atoms with van der Waals surface area (Å²) in [5.74, 6) is -3.98. The van der Waals surface area contributed by atoms with Crippen LogP contribution in [0.4, 0.5) is 0 Å². The number of halogens is 2. The number of aryl methyl sites for hydroxylation is 1. The molecule has 1 atom stereocenters. The summed E-state index contributed by atoms with van der Waals surface area (Å²) < 4.78 is 15.2. The zero-order valence-electron chi connectivity index (χ0n) is 18.8. The summed E-state index contributed by atoms with van der Waals surface area (Å²) in [6.07, 6.45) is 1.24.